The molecule has 6 nitrogen and oxygen atoms in total. The third-order valence-corrected chi connectivity index (χ3v) is 6.78. The van der Waals surface area contributed by atoms with E-state index >= 15 is 0 Å². The largest absolute Gasteiger partial charge is 0.493 e. The Bertz CT molecular complexity index is 926. The fourth-order valence-electron chi connectivity index (χ4n) is 3.22. The van der Waals surface area contributed by atoms with Crippen LogP contribution in [-0.2, 0) is 16.6 Å². The van der Waals surface area contributed by atoms with Gasteiger partial charge in [0.2, 0.25) is 10.0 Å². The summed E-state index contributed by atoms with van der Waals surface area (Å²) in [7, 11) is -3.71. The standard InChI is InChI=1S/C20H23ClN2O4S/c1-2-27-19-9-8-17(14-18(19)20(21)24)28(25,26)23-12-10-22(11-13-23)15-16-6-4-3-5-7-16/h3-9,14H,2,10-13,15H2,1H3. The van der Waals surface area contributed by atoms with Gasteiger partial charge in [-0.3, -0.25) is 9.69 Å². The van der Waals surface area contributed by atoms with E-state index in [9.17, 15) is 13.2 Å². The molecule has 1 saturated heterocycles. The average Bonchev–Trinajstić information content (AvgIpc) is 2.69. The Balaban J connectivity index is 1.72. The normalized spacial score (nSPS) is 16.1. The van der Waals surface area contributed by atoms with Crippen LogP contribution in [0.25, 0.3) is 0 Å². The maximum Gasteiger partial charge on any atom is 0.256 e. The van der Waals surface area contributed by atoms with Gasteiger partial charge in [-0.25, -0.2) is 8.42 Å². The molecule has 1 aliphatic heterocycles. The summed E-state index contributed by atoms with van der Waals surface area (Å²) in [5.41, 5.74) is 1.27. The zero-order valence-corrected chi connectivity index (χ0v) is 17.2. The number of hydrogen-bond acceptors (Lipinski definition) is 5. The number of carbonyl (C=O) groups is 1. The second-order valence-corrected chi connectivity index (χ2v) is 8.81. The van der Waals surface area contributed by atoms with Gasteiger partial charge in [0.25, 0.3) is 5.24 Å². The molecule has 0 bridgehead atoms. The van der Waals surface area contributed by atoms with Gasteiger partial charge < -0.3 is 4.74 Å². The number of halogens is 1. The molecule has 0 amide bonds. The van der Waals surface area contributed by atoms with E-state index in [0.29, 0.717) is 32.8 Å². The molecule has 0 unspecified atom stereocenters. The van der Waals surface area contributed by atoms with Gasteiger partial charge in [-0.15, -0.1) is 0 Å². The number of nitrogens with zero attached hydrogens (tertiary/aromatic N) is 2. The van der Waals surface area contributed by atoms with Gasteiger partial charge in [0, 0.05) is 32.7 Å². The van der Waals surface area contributed by atoms with Crippen molar-refractivity contribution in [3.05, 3.63) is 59.7 Å². The lowest BCUT2D eigenvalue weighted by Crippen LogP contribution is -2.48. The fourth-order valence-corrected chi connectivity index (χ4v) is 4.82. The maximum atomic E-state index is 13.0. The SMILES string of the molecule is CCOc1ccc(S(=O)(=O)N2CCN(Cc3ccccc3)CC2)cc1C(=O)Cl. The average molecular weight is 423 g/mol. The van der Waals surface area contributed by atoms with Crippen LogP contribution in [0.15, 0.2) is 53.4 Å². The first-order valence-corrected chi connectivity index (χ1v) is 11.0. The molecule has 2 aromatic rings. The highest BCUT2D eigenvalue weighted by Gasteiger charge is 2.29. The maximum absolute atomic E-state index is 13.0. The van der Waals surface area contributed by atoms with Crippen molar-refractivity contribution in [1.82, 2.24) is 9.21 Å². The molecular weight excluding hydrogens is 400 g/mol. The van der Waals surface area contributed by atoms with Crippen molar-refractivity contribution in [2.75, 3.05) is 32.8 Å². The molecule has 0 N–H and O–H groups in total. The molecule has 1 fully saturated rings. The Labute approximate surface area is 170 Å². The zero-order chi connectivity index (χ0) is 20.1. The van der Waals surface area contributed by atoms with Crippen LogP contribution >= 0.6 is 11.6 Å². The van der Waals surface area contributed by atoms with Crippen molar-refractivity contribution in [3.63, 3.8) is 0 Å². The summed E-state index contributed by atoms with van der Waals surface area (Å²) in [6.07, 6.45) is 0. The molecule has 1 aliphatic rings. The Morgan fingerprint density at radius 2 is 1.75 bits per heavy atom. The van der Waals surface area contributed by atoms with Crippen LogP contribution in [0.5, 0.6) is 5.75 Å². The number of sulfonamides is 1. The quantitative estimate of drug-likeness (QED) is 0.642. The fraction of sp³-hybridized carbons (Fsp3) is 0.350. The van der Waals surface area contributed by atoms with Crippen LogP contribution in [0.2, 0.25) is 0 Å². The predicted octanol–water partition coefficient (Wildman–Crippen LogP) is 2.97. The molecule has 0 aromatic heterocycles. The number of ether oxygens (including phenoxy) is 1. The van der Waals surface area contributed by atoms with E-state index in [1.807, 2.05) is 18.2 Å². The highest BCUT2D eigenvalue weighted by molar-refractivity contribution is 7.89. The van der Waals surface area contributed by atoms with Crippen LogP contribution in [-0.4, -0.2) is 55.7 Å². The van der Waals surface area contributed by atoms with Crippen LogP contribution in [0.4, 0.5) is 0 Å². The predicted molar refractivity (Wildman–Crippen MR) is 108 cm³/mol. The zero-order valence-electron chi connectivity index (χ0n) is 15.7. The second-order valence-electron chi connectivity index (χ2n) is 6.53. The van der Waals surface area contributed by atoms with Gasteiger partial charge in [-0.2, -0.15) is 4.31 Å². The molecule has 0 spiro atoms. The number of piperazine rings is 1. The van der Waals surface area contributed by atoms with E-state index in [-0.39, 0.29) is 16.2 Å². The van der Waals surface area contributed by atoms with Crippen LogP contribution in [0, 0.1) is 0 Å². The summed E-state index contributed by atoms with van der Waals surface area (Å²) in [6, 6.07) is 14.3. The Morgan fingerprint density at radius 3 is 2.36 bits per heavy atom. The minimum Gasteiger partial charge on any atom is -0.493 e. The van der Waals surface area contributed by atoms with Crippen LogP contribution in [0.1, 0.15) is 22.8 Å². The number of carbonyl (C=O) groups excluding carboxylic acids is 1. The lowest BCUT2D eigenvalue weighted by atomic mass is 10.2. The van der Waals surface area contributed by atoms with Crippen LogP contribution < -0.4 is 4.74 Å². The third kappa shape index (κ3) is 4.72. The Morgan fingerprint density at radius 1 is 1.07 bits per heavy atom. The number of hydrogen-bond donors (Lipinski definition) is 0. The minimum absolute atomic E-state index is 0.0523. The monoisotopic (exact) mass is 422 g/mol. The summed E-state index contributed by atoms with van der Waals surface area (Å²) in [6.45, 7) is 5.01. The van der Waals surface area contributed by atoms with Gasteiger partial charge in [0.05, 0.1) is 17.1 Å². The van der Waals surface area contributed by atoms with E-state index in [0.717, 1.165) is 6.54 Å². The van der Waals surface area contributed by atoms with E-state index < -0.39 is 15.3 Å². The second kappa shape index (κ2) is 9.05. The molecule has 0 radical (unpaired) electrons. The molecule has 0 saturated carbocycles. The molecule has 0 aliphatic carbocycles. The first-order valence-electron chi connectivity index (χ1n) is 9.15. The van der Waals surface area contributed by atoms with Crippen molar-refractivity contribution in [1.29, 1.82) is 0 Å². The highest BCUT2D eigenvalue weighted by atomic mass is 35.5. The summed E-state index contributed by atoms with van der Waals surface area (Å²) >= 11 is 5.61. The van der Waals surface area contributed by atoms with Crippen molar-refractivity contribution >= 4 is 26.9 Å². The number of rotatable bonds is 7. The van der Waals surface area contributed by atoms with Gasteiger partial charge in [0.1, 0.15) is 5.75 Å². The van der Waals surface area contributed by atoms with Crippen molar-refractivity contribution in [3.8, 4) is 5.75 Å². The van der Waals surface area contributed by atoms with Gasteiger partial charge in [-0.05, 0) is 42.3 Å². The van der Waals surface area contributed by atoms with Crippen molar-refractivity contribution in [2.24, 2.45) is 0 Å². The van der Waals surface area contributed by atoms with Gasteiger partial charge in [-0.1, -0.05) is 30.3 Å². The van der Waals surface area contributed by atoms with Crippen LogP contribution in [0.3, 0.4) is 0 Å². The van der Waals surface area contributed by atoms with E-state index in [2.05, 4.69) is 17.0 Å². The Hall–Kier alpha value is -1.93. The number of benzene rings is 2. The van der Waals surface area contributed by atoms with Gasteiger partial charge >= 0.3 is 0 Å². The molecule has 0 atom stereocenters. The topological polar surface area (TPSA) is 66.9 Å². The minimum atomic E-state index is -3.71. The smallest absolute Gasteiger partial charge is 0.256 e. The van der Waals surface area contributed by atoms with Crippen molar-refractivity contribution in [2.45, 2.75) is 18.4 Å². The summed E-state index contributed by atoms with van der Waals surface area (Å²) in [5, 5.41) is -0.742. The summed E-state index contributed by atoms with van der Waals surface area (Å²) in [5.74, 6) is 0.286. The summed E-state index contributed by atoms with van der Waals surface area (Å²) < 4.78 is 32.8. The first kappa shape index (κ1) is 20.8. The molecule has 3 rings (SSSR count). The molecular formula is C20H23ClN2O4S. The van der Waals surface area contributed by atoms with Gasteiger partial charge in [0.15, 0.2) is 0 Å². The van der Waals surface area contributed by atoms with Crippen molar-refractivity contribution < 1.29 is 17.9 Å². The molecule has 1 heterocycles. The van der Waals surface area contributed by atoms with E-state index in [1.54, 1.807) is 6.92 Å². The summed E-state index contributed by atoms with van der Waals surface area (Å²) in [4.78, 5) is 14.0. The molecule has 150 valence electrons. The van der Waals surface area contributed by atoms with E-state index in [1.165, 1.54) is 28.1 Å². The Kier molecular flexibility index (Phi) is 6.72. The lowest BCUT2D eigenvalue weighted by Gasteiger charge is -2.34. The molecule has 28 heavy (non-hydrogen) atoms. The third-order valence-electron chi connectivity index (χ3n) is 4.68. The lowest BCUT2D eigenvalue weighted by molar-refractivity contribution is 0.107. The first-order chi connectivity index (χ1) is 13.4. The molecule has 2 aromatic carbocycles. The highest BCUT2D eigenvalue weighted by Crippen LogP contribution is 2.27. The molecule has 8 heteroatoms. The van der Waals surface area contributed by atoms with E-state index in [4.69, 9.17) is 16.3 Å².